The van der Waals surface area contributed by atoms with Gasteiger partial charge in [0.15, 0.2) is 0 Å². The quantitative estimate of drug-likeness (QED) is 0.556. The van der Waals surface area contributed by atoms with E-state index in [4.69, 9.17) is 0 Å². The van der Waals surface area contributed by atoms with Gasteiger partial charge < -0.3 is 10.6 Å². The normalized spacial score (nSPS) is 11.1. The fourth-order valence-corrected chi connectivity index (χ4v) is 3.26. The Balaban J connectivity index is 1.58. The first-order valence-electron chi connectivity index (χ1n) is 10.5. The number of hydrogen-bond donors (Lipinski definition) is 2. The van der Waals surface area contributed by atoms with Crippen molar-refractivity contribution in [2.75, 3.05) is 5.32 Å². The van der Waals surface area contributed by atoms with Crippen LogP contribution in [0.5, 0.6) is 0 Å². The number of rotatable bonds is 5. The van der Waals surface area contributed by atoms with E-state index in [1.54, 1.807) is 12.1 Å². The summed E-state index contributed by atoms with van der Waals surface area (Å²) in [7, 11) is 0. The average molecular weight is 415 g/mol. The minimum absolute atomic E-state index is 0.0566. The summed E-state index contributed by atoms with van der Waals surface area (Å²) in [5.74, 6) is -0.263. The summed E-state index contributed by atoms with van der Waals surface area (Å²) in [5, 5.41) is 5.90. The zero-order valence-corrected chi connectivity index (χ0v) is 18.9. The third kappa shape index (κ3) is 5.60. The molecule has 0 aliphatic rings. The lowest BCUT2D eigenvalue weighted by Crippen LogP contribution is -2.23. The largest absolute Gasteiger partial charge is 0.348 e. The molecule has 0 spiro atoms. The second-order valence-electron chi connectivity index (χ2n) is 8.91. The zero-order chi connectivity index (χ0) is 22.6. The van der Waals surface area contributed by atoms with Gasteiger partial charge >= 0.3 is 0 Å². The molecular weight excluding hydrogens is 384 g/mol. The number of benzene rings is 3. The summed E-state index contributed by atoms with van der Waals surface area (Å²) < 4.78 is 0. The molecule has 0 radical (unpaired) electrons. The highest BCUT2D eigenvalue weighted by atomic mass is 16.2. The highest BCUT2D eigenvalue weighted by Gasteiger charge is 2.14. The molecule has 4 nitrogen and oxygen atoms in total. The number of nitrogens with one attached hydrogen (secondary N) is 2. The van der Waals surface area contributed by atoms with Crippen LogP contribution in [0.2, 0.25) is 0 Å². The lowest BCUT2D eigenvalue weighted by atomic mass is 9.87. The van der Waals surface area contributed by atoms with Crippen LogP contribution in [0.1, 0.15) is 63.7 Å². The van der Waals surface area contributed by atoms with E-state index in [9.17, 15) is 9.59 Å². The molecule has 0 atom stereocenters. The van der Waals surface area contributed by atoms with Crippen molar-refractivity contribution in [3.05, 3.63) is 100 Å². The van der Waals surface area contributed by atoms with Gasteiger partial charge in [-0.1, -0.05) is 57.2 Å². The SMILES string of the molecule is Cc1cccc(NC(=O)c2ccc(CNC(=O)c3ccc(C(C)(C)C)cc3)cc2)c1C. The summed E-state index contributed by atoms with van der Waals surface area (Å²) in [6, 6.07) is 20.8. The van der Waals surface area contributed by atoms with Gasteiger partial charge in [-0.3, -0.25) is 9.59 Å². The molecule has 0 aromatic heterocycles. The van der Waals surface area contributed by atoms with E-state index in [2.05, 4.69) is 31.4 Å². The van der Waals surface area contributed by atoms with Crippen LogP contribution in [0.15, 0.2) is 66.7 Å². The van der Waals surface area contributed by atoms with Crippen molar-refractivity contribution in [2.24, 2.45) is 0 Å². The number of aryl methyl sites for hydroxylation is 1. The summed E-state index contributed by atoms with van der Waals surface area (Å²) in [5.41, 5.74) is 6.41. The van der Waals surface area contributed by atoms with Crippen LogP contribution in [0.25, 0.3) is 0 Å². The van der Waals surface area contributed by atoms with E-state index >= 15 is 0 Å². The van der Waals surface area contributed by atoms with E-state index in [-0.39, 0.29) is 17.2 Å². The molecule has 3 aromatic carbocycles. The van der Waals surface area contributed by atoms with E-state index in [0.29, 0.717) is 17.7 Å². The first kappa shape index (κ1) is 22.3. The highest BCUT2D eigenvalue weighted by Crippen LogP contribution is 2.22. The van der Waals surface area contributed by atoms with Gasteiger partial charge in [-0.05, 0) is 71.8 Å². The topological polar surface area (TPSA) is 58.2 Å². The first-order valence-corrected chi connectivity index (χ1v) is 10.5. The molecule has 0 aliphatic heterocycles. The molecular formula is C27H30N2O2. The smallest absolute Gasteiger partial charge is 0.255 e. The summed E-state index contributed by atoms with van der Waals surface area (Å²) in [6.07, 6.45) is 0. The van der Waals surface area contributed by atoms with Crippen molar-refractivity contribution in [2.45, 2.75) is 46.6 Å². The van der Waals surface area contributed by atoms with Crippen molar-refractivity contribution >= 4 is 17.5 Å². The van der Waals surface area contributed by atoms with E-state index < -0.39 is 0 Å². The molecule has 0 aliphatic carbocycles. The fourth-order valence-electron chi connectivity index (χ4n) is 3.26. The van der Waals surface area contributed by atoms with E-state index in [1.807, 2.05) is 68.4 Å². The van der Waals surface area contributed by atoms with Crippen molar-refractivity contribution in [1.82, 2.24) is 5.32 Å². The summed E-state index contributed by atoms with van der Waals surface area (Å²) in [4.78, 5) is 25.0. The Bertz CT molecular complexity index is 1080. The second-order valence-corrected chi connectivity index (χ2v) is 8.91. The molecule has 0 unspecified atom stereocenters. The molecule has 3 rings (SSSR count). The zero-order valence-electron chi connectivity index (χ0n) is 18.9. The van der Waals surface area contributed by atoms with Gasteiger partial charge in [0, 0.05) is 23.4 Å². The molecule has 31 heavy (non-hydrogen) atoms. The van der Waals surface area contributed by atoms with Gasteiger partial charge in [-0.15, -0.1) is 0 Å². The third-order valence-electron chi connectivity index (χ3n) is 5.54. The summed E-state index contributed by atoms with van der Waals surface area (Å²) in [6.45, 7) is 10.9. The Hall–Kier alpha value is -3.40. The molecule has 2 amide bonds. The molecule has 0 heterocycles. The maximum absolute atomic E-state index is 12.6. The van der Waals surface area contributed by atoms with Gasteiger partial charge in [-0.2, -0.15) is 0 Å². The van der Waals surface area contributed by atoms with Crippen LogP contribution in [-0.4, -0.2) is 11.8 Å². The molecule has 0 saturated heterocycles. The van der Waals surface area contributed by atoms with Crippen LogP contribution < -0.4 is 10.6 Å². The minimum Gasteiger partial charge on any atom is -0.348 e. The molecule has 2 N–H and O–H groups in total. The van der Waals surface area contributed by atoms with Gasteiger partial charge in [0.1, 0.15) is 0 Å². The summed E-state index contributed by atoms with van der Waals surface area (Å²) >= 11 is 0. The Morgan fingerprint density at radius 2 is 1.35 bits per heavy atom. The van der Waals surface area contributed by atoms with Crippen LogP contribution in [-0.2, 0) is 12.0 Å². The lowest BCUT2D eigenvalue weighted by molar-refractivity contribution is 0.0949. The van der Waals surface area contributed by atoms with Gasteiger partial charge in [-0.25, -0.2) is 0 Å². The lowest BCUT2D eigenvalue weighted by Gasteiger charge is -2.19. The Kier molecular flexibility index (Phi) is 6.59. The first-order chi connectivity index (χ1) is 14.6. The molecule has 0 fully saturated rings. The molecule has 0 saturated carbocycles. The second kappa shape index (κ2) is 9.17. The van der Waals surface area contributed by atoms with Gasteiger partial charge in [0.2, 0.25) is 0 Å². The third-order valence-corrected chi connectivity index (χ3v) is 5.54. The van der Waals surface area contributed by atoms with E-state index in [0.717, 1.165) is 22.4 Å². The highest BCUT2D eigenvalue weighted by molar-refractivity contribution is 6.04. The molecule has 3 aromatic rings. The monoisotopic (exact) mass is 414 g/mol. The van der Waals surface area contributed by atoms with Crippen molar-refractivity contribution in [3.8, 4) is 0 Å². The molecule has 160 valence electrons. The fraction of sp³-hybridized carbons (Fsp3) is 0.259. The standard InChI is InChI=1S/C27H30N2O2/c1-18-7-6-8-24(19(18)2)29-26(31)22-11-9-20(10-12-22)17-28-25(30)21-13-15-23(16-14-21)27(3,4)5/h6-16H,17H2,1-5H3,(H,28,30)(H,29,31). The number of amides is 2. The molecule has 4 heteroatoms. The Morgan fingerprint density at radius 1 is 0.774 bits per heavy atom. The predicted molar refractivity (Wildman–Crippen MR) is 127 cm³/mol. The number of hydrogen-bond acceptors (Lipinski definition) is 2. The Morgan fingerprint density at radius 3 is 1.97 bits per heavy atom. The van der Waals surface area contributed by atoms with Crippen molar-refractivity contribution in [1.29, 1.82) is 0 Å². The van der Waals surface area contributed by atoms with Crippen LogP contribution in [0.3, 0.4) is 0 Å². The van der Waals surface area contributed by atoms with Gasteiger partial charge in [0.05, 0.1) is 0 Å². The number of carbonyl (C=O) groups excluding carboxylic acids is 2. The maximum atomic E-state index is 12.6. The maximum Gasteiger partial charge on any atom is 0.255 e. The predicted octanol–water partition coefficient (Wildman–Crippen LogP) is 5.78. The Labute approximate surface area is 184 Å². The van der Waals surface area contributed by atoms with Gasteiger partial charge in [0.25, 0.3) is 11.8 Å². The number of anilines is 1. The minimum atomic E-state index is -0.150. The van der Waals surface area contributed by atoms with Crippen molar-refractivity contribution in [3.63, 3.8) is 0 Å². The molecule has 0 bridgehead atoms. The van der Waals surface area contributed by atoms with Crippen LogP contribution in [0.4, 0.5) is 5.69 Å². The average Bonchev–Trinajstić information content (AvgIpc) is 2.75. The van der Waals surface area contributed by atoms with Crippen LogP contribution in [0, 0.1) is 13.8 Å². The number of carbonyl (C=O) groups is 2. The van der Waals surface area contributed by atoms with E-state index in [1.165, 1.54) is 5.56 Å². The van der Waals surface area contributed by atoms with Crippen LogP contribution >= 0.6 is 0 Å². The van der Waals surface area contributed by atoms with Crippen molar-refractivity contribution < 1.29 is 9.59 Å².